The van der Waals surface area contributed by atoms with Crippen LogP contribution in [0.4, 0.5) is 0 Å². The summed E-state index contributed by atoms with van der Waals surface area (Å²) in [6.07, 6.45) is 2.19. The monoisotopic (exact) mass is 348 g/mol. The Balaban J connectivity index is 2.08. The second kappa shape index (κ2) is 6.09. The lowest BCUT2D eigenvalue weighted by atomic mass is 9.45. The summed E-state index contributed by atoms with van der Waals surface area (Å²) in [6, 6.07) is 0. The van der Waals surface area contributed by atoms with Crippen LogP contribution >= 0.6 is 0 Å². The van der Waals surface area contributed by atoms with Gasteiger partial charge in [0.25, 0.3) is 0 Å². The Labute approximate surface area is 147 Å². The van der Waals surface area contributed by atoms with E-state index in [0.717, 1.165) is 17.6 Å². The van der Waals surface area contributed by atoms with Crippen LogP contribution < -0.4 is 0 Å². The van der Waals surface area contributed by atoms with E-state index in [-0.39, 0.29) is 23.7 Å². The van der Waals surface area contributed by atoms with Crippen LogP contribution in [0.15, 0.2) is 23.3 Å². The molecular formula is C19H24O6. The predicted molar refractivity (Wildman–Crippen MR) is 88.2 cm³/mol. The number of ether oxygens (including phenoxy) is 3. The molecule has 0 aromatic heterocycles. The number of carbonyl (C=O) groups excluding carboxylic acids is 3. The molecule has 0 N–H and O–H groups in total. The second-order valence-electron chi connectivity index (χ2n) is 7.46. The number of esters is 2. The molecule has 6 heteroatoms. The number of hydrogen-bond donors (Lipinski definition) is 0. The van der Waals surface area contributed by atoms with Crippen molar-refractivity contribution in [2.45, 2.75) is 59.5 Å². The van der Waals surface area contributed by atoms with Crippen molar-refractivity contribution in [3.05, 3.63) is 23.3 Å². The van der Waals surface area contributed by atoms with Crippen LogP contribution in [0.25, 0.3) is 0 Å². The van der Waals surface area contributed by atoms with Crippen molar-refractivity contribution in [1.29, 1.82) is 0 Å². The fraction of sp³-hybridized carbons (Fsp3) is 0.632. The highest BCUT2D eigenvalue weighted by atomic mass is 16.7. The number of rotatable bonds is 5. The lowest BCUT2D eigenvalue weighted by Gasteiger charge is -2.58. The molecule has 0 amide bonds. The first-order valence-electron chi connectivity index (χ1n) is 8.54. The number of carbonyl (C=O) groups is 3. The summed E-state index contributed by atoms with van der Waals surface area (Å²) in [6.45, 7) is 8.20. The summed E-state index contributed by atoms with van der Waals surface area (Å²) in [5.41, 5.74) is 1.06. The number of allylic oxidation sites excluding steroid dienone is 2. The molecule has 1 saturated heterocycles. The van der Waals surface area contributed by atoms with Crippen LogP contribution in [-0.4, -0.2) is 36.2 Å². The van der Waals surface area contributed by atoms with Crippen molar-refractivity contribution < 1.29 is 28.6 Å². The first-order valence-corrected chi connectivity index (χ1v) is 8.54. The van der Waals surface area contributed by atoms with Crippen LogP contribution in [0.5, 0.6) is 0 Å². The smallest absolute Gasteiger partial charge is 0.304 e. The third kappa shape index (κ3) is 2.63. The van der Waals surface area contributed by atoms with Crippen molar-refractivity contribution in [2.24, 2.45) is 17.3 Å². The van der Waals surface area contributed by atoms with E-state index < -0.39 is 29.7 Å². The van der Waals surface area contributed by atoms with E-state index in [0.29, 0.717) is 0 Å². The van der Waals surface area contributed by atoms with Crippen LogP contribution in [0.3, 0.4) is 0 Å². The van der Waals surface area contributed by atoms with E-state index >= 15 is 0 Å². The summed E-state index contributed by atoms with van der Waals surface area (Å²) in [7, 11) is 0. The van der Waals surface area contributed by atoms with Crippen LogP contribution in [0.2, 0.25) is 0 Å². The highest BCUT2D eigenvalue weighted by molar-refractivity contribution is 5.96. The van der Waals surface area contributed by atoms with Gasteiger partial charge in [-0.25, -0.2) is 0 Å². The second-order valence-corrected chi connectivity index (χ2v) is 7.46. The Morgan fingerprint density at radius 2 is 1.92 bits per heavy atom. The van der Waals surface area contributed by atoms with Crippen LogP contribution in [0.1, 0.15) is 41.0 Å². The van der Waals surface area contributed by atoms with E-state index in [1.54, 1.807) is 0 Å². The zero-order chi connectivity index (χ0) is 18.5. The molecule has 0 spiro atoms. The molecule has 1 saturated carbocycles. The van der Waals surface area contributed by atoms with Gasteiger partial charge in [-0.3, -0.25) is 14.4 Å². The molecule has 4 rings (SSSR count). The Morgan fingerprint density at radius 3 is 2.44 bits per heavy atom. The molecule has 2 fully saturated rings. The molecule has 0 unspecified atom stereocenters. The van der Waals surface area contributed by atoms with Crippen molar-refractivity contribution in [1.82, 2.24) is 0 Å². The molecule has 1 aliphatic heterocycles. The summed E-state index contributed by atoms with van der Waals surface area (Å²) in [4.78, 5) is 36.2. The molecular weight excluding hydrogens is 324 g/mol. The zero-order valence-electron chi connectivity index (χ0n) is 15.2. The van der Waals surface area contributed by atoms with Gasteiger partial charge in [0.05, 0.1) is 11.5 Å². The number of hydrogen-bond acceptors (Lipinski definition) is 6. The highest BCUT2D eigenvalue weighted by Gasteiger charge is 2.75. The van der Waals surface area contributed by atoms with Crippen molar-refractivity contribution in [2.75, 3.05) is 0 Å². The molecule has 136 valence electrons. The minimum absolute atomic E-state index is 0.00980. The van der Waals surface area contributed by atoms with Gasteiger partial charge in [-0.15, -0.1) is 0 Å². The van der Waals surface area contributed by atoms with Crippen molar-refractivity contribution in [3.63, 3.8) is 0 Å². The third-order valence-corrected chi connectivity index (χ3v) is 5.50. The fourth-order valence-electron chi connectivity index (χ4n) is 4.70. The van der Waals surface area contributed by atoms with Gasteiger partial charge in [0.15, 0.2) is 11.9 Å². The largest absolute Gasteiger partial charge is 0.453 e. The van der Waals surface area contributed by atoms with Gasteiger partial charge in [-0.1, -0.05) is 17.2 Å². The minimum Gasteiger partial charge on any atom is -0.453 e. The Bertz CT molecular complexity index is 686. The standard InChI is InChI=1S/C19H24O6/c1-9(2)6-15(22)17(23-11(4)20)19-13-8-14(19)16(7-10(13)3)25-18(19)24-12(5)21/h6-7,13-14,16-18H,8H2,1-5H3/t13-,14+,16-,17-,18+,19+/m1/s1. The third-order valence-electron chi connectivity index (χ3n) is 5.50. The van der Waals surface area contributed by atoms with Gasteiger partial charge >= 0.3 is 11.9 Å². The summed E-state index contributed by atoms with van der Waals surface area (Å²) < 4.78 is 16.9. The Morgan fingerprint density at radius 1 is 1.24 bits per heavy atom. The van der Waals surface area contributed by atoms with Crippen LogP contribution in [0, 0.1) is 17.3 Å². The molecule has 4 bridgehead atoms. The molecule has 6 atom stereocenters. The molecule has 4 aliphatic rings. The van der Waals surface area contributed by atoms with Gasteiger partial charge in [0.1, 0.15) is 0 Å². The minimum atomic E-state index is -1.03. The van der Waals surface area contributed by atoms with E-state index in [1.807, 2.05) is 26.8 Å². The normalized spacial score (nSPS) is 35.8. The maximum atomic E-state index is 12.9. The van der Waals surface area contributed by atoms with E-state index in [4.69, 9.17) is 14.2 Å². The lowest BCUT2D eigenvalue weighted by molar-refractivity contribution is -0.229. The molecule has 3 aliphatic carbocycles. The molecule has 0 aromatic rings. The fourth-order valence-corrected chi connectivity index (χ4v) is 4.70. The van der Waals surface area contributed by atoms with Gasteiger partial charge in [0.2, 0.25) is 6.29 Å². The first kappa shape index (κ1) is 17.9. The molecule has 6 nitrogen and oxygen atoms in total. The summed E-state index contributed by atoms with van der Waals surface area (Å²) >= 11 is 0. The molecule has 25 heavy (non-hydrogen) atoms. The average molecular weight is 348 g/mol. The van der Waals surface area contributed by atoms with E-state index in [1.165, 1.54) is 19.9 Å². The van der Waals surface area contributed by atoms with E-state index in [2.05, 4.69) is 0 Å². The Kier molecular flexibility index (Phi) is 4.35. The first-order chi connectivity index (χ1) is 11.7. The zero-order valence-corrected chi connectivity index (χ0v) is 15.2. The topological polar surface area (TPSA) is 78.9 Å². The van der Waals surface area contributed by atoms with Crippen molar-refractivity contribution >= 4 is 17.7 Å². The molecule has 0 radical (unpaired) electrons. The average Bonchev–Trinajstić information content (AvgIpc) is 2.58. The SMILES string of the molecule is CC(=O)O[C@H]1O[C@@H]2C=C(C)[C@H]3C[C@@H]2[C@@]13[C@H](OC(C)=O)C(=O)C=C(C)C. The predicted octanol–water partition coefficient (Wildman–Crippen LogP) is 2.32. The summed E-state index contributed by atoms with van der Waals surface area (Å²) in [5.74, 6) is -1.33. The summed E-state index contributed by atoms with van der Waals surface area (Å²) in [5, 5.41) is 0. The quantitative estimate of drug-likeness (QED) is 0.431. The van der Waals surface area contributed by atoms with Crippen LogP contribution in [-0.2, 0) is 28.6 Å². The van der Waals surface area contributed by atoms with Gasteiger partial charge in [0, 0.05) is 19.8 Å². The maximum absolute atomic E-state index is 12.9. The molecule has 1 heterocycles. The number of ketones is 1. The lowest BCUT2D eigenvalue weighted by Crippen LogP contribution is -2.65. The highest BCUT2D eigenvalue weighted by Crippen LogP contribution is 2.69. The van der Waals surface area contributed by atoms with E-state index in [9.17, 15) is 14.4 Å². The molecule has 0 aromatic carbocycles. The Hall–Kier alpha value is -1.95. The van der Waals surface area contributed by atoms with Crippen molar-refractivity contribution in [3.8, 4) is 0 Å². The van der Waals surface area contributed by atoms with Gasteiger partial charge in [-0.2, -0.15) is 0 Å². The maximum Gasteiger partial charge on any atom is 0.304 e. The van der Waals surface area contributed by atoms with Gasteiger partial charge in [-0.05, 0) is 39.2 Å². The van der Waals surface area contributed by atoms with Gasteiger partial charge < -0.3 is 14.2 Å².